The lowest BCUT2D eigenvalue weighted by atomic mass is 10.2. The number of likely N-dealkylation sites (tertiary alicyclic amines) is 1. The molecule has 0 radical (unpaired) electrons. The number of benzene rings is 1. The summed E-state index contributed by atoms with van der Waals surface area (Å²) in [5.74, 6) is 0.841. The van der Waals surface area contributed by atoms with E-state index in [1.807, 2.05) is 30.1 Å². The highest BCUT2D eigenvalue weighted by Crippen LogP contribution is 2.11. The Kier molecular flexibility index (Phi) is 4.58. The minimum Gasteiger partial charge on any atom is -0.363 e. The third-order valence-corrected chi connectivity index (χ3v) is 3.13. The van der Waals surface area contributed by atoms with Gasteiger partial charge in [0.25, 0.3) is 0 Å². The van der Waals surface area contributed by atoms with Gasteiger partial charge in [0.15, 0.2) is 0 Å². The second kappa shape index (κ2) is 6.38. The zero-order valence-electron chi connectivity index (χ0n) is 10.8. The van der Waals surface area contributed by atoms with Gasteiger partial charge in [0.05, 0.1) is 0 Å². The fraction of sp³-hybridized carbons (Fsp3) is 0.286. The lowest BCUT2D eigenvalue weighted by Crippen LogP contribution is -2.23. The minimum absolute atomic E-state index is 0.345. The molecular weight excluding hydrogens is 262 g/mol. The van der Waals surface area contributed by atoms with E-state index in [2.05, 4.69) is 10.3 Å². The van der Waals surface area contributed by atoms with Gasteiger partial charge < -0.3 is 10.2 Å². The quantitative estimate of drug-likeness (QED) is 0.902. The van der Waals surface area contributed by atoms with Gasteiger partial charge in [0, 0.05) is 31.2 Å². The van der Waals surface area contributed by atoms with Crippen LogP contribution in [0.5, 0.6) is 0 Å². The van der Waals surface area contributed by atoms with Crippen molar-refractivity contribution in [1.82, 2.24) is 10.2 Å². The number of carbonyl (C=O) groups is 1. The summed E-state index contributed by atoms with van der Waals surface area (Å²) in [7, 11) is 1.95. The van der Waals surface area contributed by atoms with E-state index >= 15 is 0 Å². The molecule has 0 atom stereocenters. The molecule has 0 aliphatic carbocycles. The van der Waals surface area contributed by atoms with Crippen LogP contribution in [0.15, 0.2) is 35.5 Å². The highest BCUT2D eigenvalue weighted by Gasteiger charge is 2.14. The number of amidine groups is 1. The molecule has 0 unspecified atom stereocenters. The Morgan fingerprint density at radius 3 is 3.05 bits per heavy atom. The Hall–Kier alpha value is -1.81. The van der Waals surface area contributed by atoms with Crippen LogP contribution in [0.25, 0.3) is 6.08 Å². The van der Waals surface area contributed by atoms with Crippen LogP contribution in [0, 0.1) is 0 Å². The number of amides is 2. The van der Waals surface area contributed by atoms with Crippen LogP contribution in [0.3, 0.4) is 0 Å². The van der Waals surface area contributed by atoms with E-state index in [-0.39, 0.29) is 6.03 Å². The smallest absolute Gasteiger partial charge is 0.346 e. The highest BCUT2D eigenvalue weighted by atomic mass is 35.5. The van der Waals surface area contributed by atoms with Crippen molar-refractivity contribution in [2.24, 2.45) is 4.99 Å². The molecule has 5 heteroatoms. The normalized spacial score (nSPS) is 17.4. The van der Waals surface area contributed by atoms with Gasteiger partial charge in [0.2, 0.25) is 0 Å². The predicted octanol–water partition coefficient (Wildman–Crippen LogP) is 3.14. The zero-order valence-corrected chi connectivity index (χ0v) is 11.5. The number of hydrogen-bond acceptors (Lipinski definition) is 1. The monoisotopic (exact) mass is 277 g/mol. The maximum atomic E-state index is 11.6. The van der Waals surface area contributed by atoms with Crippen molar-refractivity contribution in [2.45, 2.75) is 12.8 Å². The maximum absolute atomic E-state index is 11.6. The number of nitrogens with one attached hydrogen (secondary N) is 1. The fourth-order valence-corrected chi connectivity index (χ4v) is 2.10. The van der Waals surface area contributed by atoms with Crippen LogP contribution in [0.4, 0.5) is 4.79 Å². The Bertz CT molecular complexity index is 525. The van der Waals surface area contributed by atoms with E-state index < -0.39 is 0 Å². The third kappa shape index (κ3) is 4.10. The van der Waals surface area contributed by atoms with Crippen molar-refractivity contribution in [2.75, 3.05) is 13.6 Å². The molecule has 2 rings (SSSR count). The molecule has 1 aromatic carbocycles. The van der Waals surface area contributed by atoms with Crippen molar-refractivity contribution < 1.29 is 4.79 Å². The summed E-state index contributed by atoms with van der Waals surface area (Å²) in [4.78, 5) is 17.6. The molecule has 1 saturated heterocycles. The van der Waals surface area contributed by atoms with Gasteiger partial charge in [0.1, 0.15) is 5.84 Å². The van der Waals surface area contributed by atoms with Crippen LogP contribution >= 0.6 is 11.6 Å². The Morgan fingerprint density at radius 1 is 1.53 bits per heavy atom. The maximum Gasteiger partial charge on any atom is 0.346 e. The first kappa shape index (κ1) is 13.6. The van der Waals surface area contributed by atoms with Gasteiger partial charge in [-0.1, -0.05) is 23.7 Å². The summed E-state index contributed by atoms with van der Waals surface area (Å²) >= 11 is 5.87. The van der Waals surface area contributed by atoms with Crippen molar-refractivity contribution >= 4 is 29.5 Å². The summed E-state index contributed by atoms with van der Waals surface area (Å²) in [6, 6.07) is 7.05. The van der Waals surface area contributed by atoms with E-state index in [4.69, 9.17) is 11.6 Å². The molecule has 0 spiro atoms. The Morgan fingerprint density at radius 2 is 2.37 bits per heavy atom. The number of halogens is 1. The van der Waals surface area contributed by atoms with Gasteiger partial charge >= 0.3 is 6.03 Å². The average Bonchev–Trinajstić information content (AvgIpc) is 2.75. The number of aliphatic imine (C=N–C) groups is 1. The topological polar surface area (TPSA) is 44.7 Å². The third-order valence-electron chi connectivity index (χ3n) is 2.90. The van der Waals surface area contributed by atoms with Crippen LogP contribution < -0.4 is 5.32 Å². The molecule has 1 aliphatic heterocycles. The van der Waals surface area contributed by atoms with Gasteiger partial charge in [-0.3, -0.25) is 0 Å². The lowest BCUT2D eigenvalue weighted by Gasteiger charge is -2.09. The molecule has 1 heterocycles. The molecule has 1 aromatic rings. The molecular formula is C14H16ClN3O. The molecule has 100 valence electrons. The molecule has 1 N–H and O–H groups in total. The number of nitrogens with zero attached hydrogens (tertiary/aromatic N) is 2. The van der Waals surface area contributed by atoms with Crippen molar-refractivity contribution in [3.63, 3.8) is 0 Å². The van der Waals surface area contributed by atoms with Crippen LogP contribution in [-0.4, -0.2) is 30.4 Å². The molecule has 0 aromatic heterocycles. The van der Waals surface area contributed by atoms with Gasteiger partial charge in [-0.05, 0) is 30.2 Å². The fourth-order valence-electron chi connectivity index (χ4n) is 1.90. The van der Waals surface area contributed by atoms with Crippen LogP contribution in [-0.2, 0) is 0 Å². The van der Waals surface area contributed by atoms with Gasteiger partial charge in [-0.15, -0.1) is 0 Å². The summed E-state index contributed by atoms with van der Waals surface area (Å²) in [5.41, 5.74) is 0.929. The molecule has 1 fully saturated rings. The van der Waals surface area contributed by atoms with Crippen LogP contribution in [0.2, 0.25) is 5.02 Å². The van der Waals surface area contributed by atoms with E-state index in [9.17, 15) is 4.79 Å². The highest BCUT2D eigenvalue weighted by molar-refractivity contribution is 6.30. The molecule has 1 aliphatic rings. The molecule has 2 amide bonds. The van der Waals surface area contributed by atoms with Gasteiger partial charge in [-0.25, -0.2) is 4.79 Å². The van der Waals surface area contributed by atoms with E-state index in [0.29, 0.717) is 5.02 Å². The van der Waals surface area contributed by atoms with Crippen molar-refractivity contribution in [3.8, 4) is 0 Å². The first-order valence-electron chi connectivity index (χ1n) is 6.16. The molecule has 4 nitrogen and oxygen atoms in total. The SMILES string of the molecule is CN1CCCC1=NC(=O)NC=Cc1cccc(Cl)c1. The molecule has 0 saturated carbocycles. The Labute approximate surface area is 117 Å². The zero-order chi connectivity index (χ0) is 13.7. The number of urea groups is 1. The lowest BCUT2D eigenvalue weighted by molar-refractivity contribution is 0.252. The van der Waals surface area contributed by atoms with Crippen molar-refractivity contribution in [1.29, 1.82) is 0 Å². The summed E-state index contributed by atoms with van der Waals surface area (Å²) in [6.07, 6.45) is 5.28. The molecule has 19 heavy (non-hydrogen) atoms. The van der Waals surface area contributed by atoms with E-state index in [1.54, 1.807) is 18.3 Å². The van der Waals surface area contributed by atoms with Crippen LogP contribution in [0.1, 0.15) is 18.4 Å². The first-order chi connectivity index (χ1) is 9.15. The number of carbonyl (C=O) groups excluding carboxylic acids is 1. The first-order valence-corrected chi connectivity index (χ1v) is 6.54. The number of hydrogen-bond donors (Lipinski definition) is 1. The minimum atomic E-state index is -0.345. The standard InChI is InChI=1S/C14H16ClN3O/c1-18-9-3-6-13(18)17-14(19)16-8-7-11-4-2-5-12(15)10-11/h2,4-5,7-8,10H,3,6,9H2,1H3,(H,16,19). The summed E-state index contributed by atoms with van der Waals surface area (Å²) in [5, 5.41) is 3.29. The predicted molar refractivity (Wildman–Crippen MR) is 78.3 cm³/mol. The summed E-state index contributed by atoms with van der Waals surface area (Å²) < 4.78 is 0. The number of rotatable bonds is 2. The van der Waals surface area contributed by atoms with Gasteiger partial charge in [-0.2, -0.15) is 4.99 Å². The van der Waals surface area contributed by atoms with E-state index in [0.717, 1.165) is 30.8 Å². The van der Waals surface area contributed by atoms with Crippen molar-refractivity contribution in [3.05, 3.63) is 41.1 Å². The summed E-state index contributed by atoms with van der Waals surface area (Å²) in [6.45, 7) is 0.963. The average molecular weight is 278 g/mol. The Balaban J connectivity index is 1.90. The van der Waals surface area contributed by atoms with E-state index in [1.165, 1.54) is 0 Å². The largest absolute Gasteiger partial charge is 0.363 e. The second-order valence-electron chi connectivity index (χ2n) is 4.39. The second-order valence-corrected chi connectivity index (χ2v) is 4.83. The molecule has 0 bridgehead atoms.